The van der Waals surface area contributed by atoms with Gasteiger partial charge in [-0.3, -0.25) is 19.2 Å². The Balaban J connectivity index is 5.39. The van der Waals surface area contributed by atoms with E-state index in [2.05, 4.69) is 16.0 Å². The third kappa shape index (κ3) is 11.6. The smallest absolute Gasteiger partial charge is 0.328 e. The second-order valence-electron chi connectivity index (χ2n) is 8.57. The van der Waals surface area contributed by atoms with Crippen LogP contribution >= 0.6 is 0 Å². The van der Waals surface area contributed by atoms with Gasteiger partial charge < -0.3 is 37.6 Å². The standard InChI is InChI=1S/C20H37N5O7/c1-10(2)7-13(23-17(28)12(21)5-6-16(22)27)18(29)24-14(8-11(3)4)19(30)25-15(9-26)20(31)32/h10-15,26H,5-9,21H2,1-4H3,(H2,22,27)(H,23,28)(H,24,29)(H,25,30)(H,31,32). The second-order valence-corrected chi connectivity index (χ2v) is 8.57. The average Bonchev–Trinajstić information content (AvgIpc) is 2.67. The Labute approximate surface area is 187 Å². The molecule has 0 aromatic heterocycles. The molecule has 12 heteroatoms. The molecule has 32 heavy (non-hydrogen) atoms. The van der Waals surface area contributed by atoms with E-state index in [0.29, 0.717) is 0 Å². The Kier molecular flexibility index (Phi) is 13.1. The van der Waals surface area contributed by atoms with Crippen molar-refractivity contribution in [2.75, 3.05) is 6.61 Å². The maximum Gasteiger partial charge on any atom is 0.328 e. The molecule has 0 bridgehead atoms. The van der Waals surface area contributed by atoms with Crippen LogP contribution in [0.5, 0.6) is 0 Å². The quantitative estimate of drug-likeness (QED) is 0.148. The van der Waals surface area contributed by atoms with Crippen LogP contribution in [-0.4, -0.2) is 70.6 Å². The monoisotopic (exact) mass is 459 g/mol. The minimum atomic E-state index is -1.51. The zero-order valence-electron chi connectivity index (χ0n) is 19.1. The molecule has 0 aromatic rings. The van der Waals surface area contributed by atoms with Crippen LogP contribution in [-0.2, 0) is 24.0 Å². The number of nitrogens with two attached hydrogens (primary N) is 2. The summed E-state index contributed by atoms with van der Waals surface area (Å²) in [5.41, 5.74) is 10.8. The molecule has 0 fully saturated rings. The van der Waals surface area contributed by atoms with E-state index in [1.807, 2.05) is 27.7 Å². The SMILES string of the molecule is CC(C)CC(NC(=O)C(N)CCC(N)=O)C(=O)NC(CC(C)C)C(=O)NC(CO)C(=O)O. The number of carbonyl (C=O) groups is 5. The van der Waals surface area contributed by atoms with Crippen molar-refractivity contribution in [3.63, 3.8) is 0 Å². The number of nitrogens with one attached hydrogen (secondary N) is 3. The summed E-state index contributed by atoms with van der Waals surface area (Å²) in [4.78, 5) is 59.8. The van der Waals surface area contributed by atoms with Crippen molar-refractivity contribution in [1.29, 1.82) is 0 Å². The Morgan fingerprint density at radius 2 is 1.19 bits per heavy atom. The maximum absolute atomic E-state index is 12.9. The van der Waals surface area contributed by atoms with Gasteiger partial charge in [0.15, 0.2) is 0 Å². The number of aliphatic hydroxyl groups excluding tert-OH is 1. The van der Waals surface area contributed by atoms with Crippen molar-refractivity contribution in [3.8, 4) is 0 Å². The fourth-order valence-corrected chi connectivity index (χ4v) is 2.84. The molecule has 12 nitrogen and oxygen atoms in total. The largest absolute Gasteiger partial charge is 0.480 e. The minimum Gasteiger partial charge on any atom is -0.480 e. The number of carboxylic acids is 1. The van der Waals surface area contributed by atoms with Gasteiger partial charge in [0.25, 0.3) is 0 Å². The highest BCUT2D eigenvalue weighted by atomic mass is 16.4. The Morgan fingerprint density at radius 1 is 0.781 bits per heavy atom. The third-order valence-corrected chi connectivity index (χ3v) is 4.52. The molecule has 0 spiro atoms. The van der Waals surface area contributed by atoms with E-state index in [1.54, 1.807) is 0 Å². The van der Waals surface area contributed by atoms with Crippen LogP contribution < -0.4 is 27.4 Å². The van der Waals surface area contributed by atoms with Crippen molar-refractivity contribution >= 4 is 29.6 Å². The molecular weight excluding hydrogens is 422 g/mol. The number of carbonyl (C=O) groups excluding carboxylic acids is 4. The van der Waals surface area contributed by atoms with Crippen molar-refractivity contribution in [2.24, 2.45) is 23.3 Å². The predicted octanol–water partition coefficient (Wildman–Crippen LogP) is -1.80. The molecule has 0 radical (unpaired) electrons. The number of carboxylic acid groups (broad SMARTS) is 1. The second kappa shape index (κ2) is 14.4. The number of primary amides is 1. The van der Waals surface area contributed by atoms with Crippen LogP contribution in [0.1, 0.15) is 53.4 Å². The first-order chi connectivity index (χ1) is 14.8. The highest BCUT2D eigenvalue weighted by Crippen LogP contribution is 2.10. The average molecular weight is 460 g/mol. The first-order valence-electron chi connectivity index (χ1n) is 10.6. The van der Waals surface area contributed by atoms with Crippen molar-refractivity contribution in [1.82, 2.24) is 16.0 Å². The van der Waals surface area contributed by atoms with Crippen LogP contribution in [0, 0.1) is 11.8 Å². The van der Waals surface area contributed by atoms with Gasteiger partial charge in [-0.05, 0) is 31.1 Å². The van der Waals surface area contributed by atoms with Crippen LogP contribution in [0.4, 0.5) is 0 Å². The number of hydrogen-bond acceptors (Lipinski definition) is 7. The van der Waals surface area contributed by atoms with Crippen LogP contribution in [0.15, 0.2) is 0 Å². The molecule has 184 valence electrons. The van der Waals surface area contributed by atoms with E-state index < -0.39 is 60.4 Å². The molecule has 0 aliphatic rings. The van der Waals surface area contributed by atoms with E-state index in [-0.39, 0.29) is 37.5 Å². The normalized spacial score (nSPS) is 14.9. The molecule has 0 aromatic carbocycles. The van der Waals surface area contributed by atoms with Crippen LogP contribution in [0.25, 0.3) is 0 Å². The van der Waals surface area contributed by atoms with E-state index >= 15 is 0 Å². The summed E-state index contributed by atoms with van der Waals surface area (Å²) in [6, 6.07) is -4.63. The summed E-state index contributed by atoms with van der Waals surface area (Å²) in [5.74, 6) is -4.06. The molecule has 0 heterocycles. The summed E-state index contributed by atoms with van der Waals surface area (Å²) in [6.07, 6.45) is 0.398. The summed E-state index contributed by atoms with van der Waals surface area (Å²) in [6.45, 7) is 6.52. The van der Waals surface area contributed by atoms with Gasteiger partial charge in [0, 0.05) is 6.42 Å². The fourth-order valence-electron chi connectivity index (χ4n) is 2.84. The van der Waals surface area contributed by atoms with Gasteiger partial charge in [-0.25, -0.2) is 4.79 Å². The Bertz CT molecular complexity index is 669. The molecule has 0 saturated carbocycles. The Morgan fingerprint density at radius 3 is 1.53 bits per heavy atom. The van der Waals surface area contributed by atoms with Gasteiger partial charge in [0.1, 0.15) is 18.1 Å². The van der Waals surface area contributed by atoms with Crippen molar-refractivity contribution in [3.05, 3.63) is 0 Å². The van der Waals surface area contributed by atoms with Gasteiger partial charge in [0.05, 0.1) is 12.6 Å². The minimum absolute atomic E-state index is 0.0102. The van der Waals surface area contributed by atoms with Crippen LogP contribution in [0.2, 0.25) is 0 Å². The summed E-state index contributed by atoms with van der Waals surface area (Å²) in [5, 5.41) is 25.5. The summed E-state index contributed by atoms with van der Waals surface area (Å²) < 4.78 is 0. The molecule has 0 aliphatic heterocycles. The molecular formula is C20H37N5O7. The zero-order valence-corrected chi connectivity index (χ0v) is 19.1. The van der Waals surface area contributed by atoms with Crippen LogP contribution in [0.3, 0.4) is 0 Å². The lowest BCUT2D eigenvalue weighted by Gasteiger charge is -2.26. The first kappa shape index (κ1) is 29.3. The number of aliphatic carboxylic acids is 1. The van der Waals surface area contributed by atoms with Gasteiger partial charge in [-0.2, -0.15) is 0 Å². The number of amides is 4. The lowest BCUT2D eigenvalue weighted by molar-refractivity contribution is -0.143. The van der Waals surface area contributed by atoms with Gasteiger partial charge in [-0.15, -0.1) is 0 Å². The zero-order chi connectivity index (χ0) is 25.0. The highest BCUT2D eigenvalue weighted by Gasteiger charge is 2.30. The summed E-state index contributed by atoms with van der Waals surface area (Å²) in [7, 11) is 0. The lowest BCUT2D eigenvalue weighted by atomic mass is 9.99. The van der Waals surface area contributed by atoms with Gasteiger partial charge in [0.2, 0.25) is 23.6 Å². The van der Waals surface area contributed by atoms with Crippen molar-refractivity contribution in [2.45, 2.75) is 77.5 Å². The molecule has 0 saturated heterocycles. The maximum atomic E-state index is 12.9. The highest BCUT2D eigenvalue weighted by molar-refractivity contribution is 5.94. The predicted molar refractivity (Wildman–Crippen MR) is 116 cm³/mol. The lowest BCUT2D eigenvalue weighted by Crippen LogP contribution is -2.58. The molecule has 4 amide bonds. The third-order valence-electron chi connectivity index (χ3n) is 4.52. The Hall–Kier alpha value is -2.73. The van der Waals surface area contributed by atoms with Gasteiger partial charge in [-0.1, -0.05) is 27.7 Å². The van der Waals surface area contributed by atoms with Crippen molar-refractivity contribution < 1.29 is 34.2 Å². The molecule has 0 rings (SSSR count). The van der Waals surface area contributed by atoms with E-state index in [1.165, 1.54) is 0 Å². The molecule has 4 atom stereocenters. The fraction of sp³-hybridized carbons (Fsp3) is 0.750. The van der Waals surface area contributed by atoms with E-state index in [4.69, 9.17) is 21.7 Å². The van der Waals surface area contributed by atoms with Gasteiger partial charge >= 0.3 is 5.97 Å². The molecule has 9 N–H and O–H groups in total. The number of rotatable bonds is 15. The van der Waals surface area contributed by atoms with E-state index in [9.17, 15) is 24.0 Å². The first-order valence-corrected chi connectivity index (χ1v) is 10.6. The molecule has 0 aliphatic carbocycles. The topological polar surface area (TPSA) is 214 Å². The molecule has 4 unspecified atom stereocenters. The summed E-state index contributed by atoms with van der Waals surface area (Å²) >= 11 is 0. The number of hydrogen-bond donors (Lipinski definition) is 7. The van der Waals surface area contributed by atoms with E-state index in [0.717, 1.165) is 0 Å². The number of aliphatic hydroxyl groups is 1.